The molecule has 6 nitrogen and oxygen atoms in total. The molecule has 0 aromatic heterocycles. The van der Waals surface area contributed by atoms with Crippen LogP contribution in [0.5, 0.6) is 0 Å². The Hall–Kier alpha value is -3.36. The lowest BCUT2D eigenvalue weighted by Gasteiger charge is -2.35. The molecular weight excluding hydrogens is 447 g/mol. The zero-order valence-electron chi connectivity index (χ0n) is 18.7. The number of alkyl halides is 3. The molecule has 2 aromatic rings. The average Bonchev–Trinajstić information content (AvgIpc) is 3.55. The summed E-state index contributed by atoms with van der Waals surface area (Å²) in [7, 11) is 0. The van der Waals surface area contributed by atoms with Gasteiger partial charge in [0.2, 0.25) is 11.8 Å². The number of hydrogen-bond acceptors (Lipinski definition) is 3. The molecule has 1 saturated carbocycles. The van der Waals surface area contributed by atoms with E-state index in [0.717, 1.165) is 31.4 Å². The Kier molecular flexibility index (Phi) is 6.63. The second-order valence-electron chi connectivity index (χ2n) is 8.97. The summed E-state index contributed by atoms with van der Waals surface area (Å²) < 4.78 is 38.8. The number of carbonyl (C=O) groups is 3. The third-order valence-electron chi connectivity index (χ3n) is 6.36. The van der Waals surface area contributed by atoms with Crippen LogP contribution in [0.15, 0.2) is 48.5 Å². The predicted molar refractivity (Wildman–Crippen MR) is 121 cm³/mol. The van der Waals surface area contributed by atoms with Gasteiger partial charge in [-0.05, 0) is 68.0 Å². The van der Waals surface area contributed by atoms with Crippen LogP contribution >= 0.6 is 0 Å². The van der Waals surface area contributed by atoms with E-state index in [1.165, 1.54) is 24.3 Å². The molecule has 1 heterocycles. The van der Waals surface area contributed by atoms with Crippen LogP contribution in [0.25, 0.3) is 0 Å². The second kappa shape index (κ2) is 9.48. The molecule has 2 N–H and O–H groups in total. The largest absolute Gasteiger partial charge is 0.416 e. The molecule has 34 heavy (non-hydrogen) atoms. The van der Waals surface area contributed by atoms with Crippen molar-refractivity contribution in [3.63, 3.8) is 0 Å². The van der Waals surface area contributed by atoms with Gasteiger partial charge < -0.3 is 15.5 Å². The zero-order valence-corrected chi connectivity index (χ0v) is 18.7. The van der Waals surface area contributed by atoms with Gasteiger partial charge in [0.05, 0.1) is 5.56 Å². The van der Waals surface area contributed by atoms with Crippen molar-refractivity contribution < 1.29 is 27.6 Å². The van der Waals surface area contributed by atoms with Crippen LogP contribution in [0.2, 0.25) is 0 Å². The monoisotopic (exact) mass is 473 g/mol. The van der Waals surface area contributed by atoms with Crippen LogP contribution in [0.3, 0.4) is 0 Å². The second-order valence-corrected chi connectivity index (χ2v) is 8.97. The summed E-state index contributed by atoms with van der Waals surface area (Å²) in [5.41, 5.74) is -0.295. The summed E-state index contributed by atoms with van der Waals surface area (Å²) >= 11 is 0. The van der Waals surface area contributed by atoms with Crippen molar-refractivity contribution in [3.05, 3.63) is 59.7 Å². The van der Waals surface area contributed by atoms with Gasteiger partial charge in [0.1, 0.15) is 6.04 Å². The predicted octanol–water partition coefficient (Wildman–Crippen LogP) is 4.93. The number of hydrogen-bond donors (Lipinski definition) is 2. The molecular formula is C25H26F3N3O3. The molecule has 3 amide bonds. The smallest absolute Gasteiger partial charge is 0.330 e. The van der Waals surface area contributed by atoms with Crippen LogP contribution in [-0.4, -0.2) is 35.2 Å². The molecule has 180 valence electrons. The number of anilines is 2. The van der Waals surface area contributed by atoms with E-state index in [0.29, 0.717) is 24.6 Å². The molecule has 2 aliphatic rings. The molecule has 3 atom stereocenters. The van der Waals surface area contributed by atoms with Crippen molar-refractivity contribution in [2.24, 2.45) is 11.8 Å². The minimum absolute atomic E-state index is 0.00345. The first kappa shape index (κ1) is 23.8. The van der Waals surface area contributed by atoms with Gasteiger partial charge in [-0.2, -0.15) is 13.2 Å². The first-order chi connectivity index (χ1) is 16.1. The molecule has 1 saturated heterocycles. The van der Waals surface area contributed by atoms with Crippen molar-refractivity contribution in [1.29, 1.82) is 0 Å². The van der Waals surface area contributed by atoms with E-state index >= 15 is 0 Å². The van der Waals surface area contributed by atoms with Gasteiger partial charge in [-0.1, -0.05) is 19.1 Å². The fourth-order valence-electron chi connectivity index (χ4n) is 4.29. The normalized spacial score (nSPS) is 22.1. The lowest BCUT2D eigenvalue weighted by Crippen LogP contribution is -2.50. The topological polar surface area (TPSA) is 78.5 Å². The molecule has 2 fully saturated rings. The standard InChI is InChI=1S/C25H26F3N3O3/c1-15-12-20(15)24(34)31-11-3-2-10-21(31)23(33)30-18-8-4-6-16(13-18)22(32)29-19-9-5-7-17(14-19)25(26,27)28/h4-9,13-15,20-21H,2-3,10-12H2,1H3,(H,29,32)(H,30,33). The lowest BCUT2D eigenvalue weighted by atomic mass is 10.00. The zero-order chi connectivity index (χ0) is 24.5. The third-order valence-corrected chi connectivity index (χ3v) is 6.36. The summed E-state index contributed by atoms with van der Waals surface area (Å²) in [5.74, 6) is -0.535. The van der Waals surface area contributed by atoms with Crippen molar-refractivity contribution in [3.8, 4) is 0 Å². The summed E-state index contributed by atoms with van der Waals surface area (Å²) in [5, 5.41) is 5.25. The van der Waals surface area contributed by atoms with Crippen LogP contribution in [-0.2, 0) is 15.8 Å². The maximum absolute atomic E-state index is 13.0. The summed E-state index contributed by atoms with van der Waals surface area (Å²) in [6.45, 7) is 2.58. The van der Waals surface area contributed by atoms with E-state index in [-0.39, 0.29) is 29.0 Å². The quantitative estimate of drug-likeness (QED) is 0.646. The summed E-state index contributed by atoms with van der Waals surface area (Å²) in [4.78, 5) is 40.1. The summed E-state index contributed by atoms with van der Waals surface area (Å²) in [6, 6.07) is 9.97. The fourth-order valence-corrected chi connectivity index (χ4v) is 4.29. The maximum atomic E-state index is 13.0. The van der Waals surface area contributed by atoms with Gasteiger partial charge >= 0.3 is 6.18 Å². The number of nitrogens with one attached hydrogen (secondary N) is 2. The first-order valence-corrected chi connectivity index (χ1v) is 11.3. The molecule has 3 unspecified atom stereocenters. The molecule has 9 heteroatoms. The molecule has 4 rings (SSSR count). The minimum Gasteiger partial charge on any atom is -0.330 e. The first-order valence-electron chi connectivity index (χ1n) is 11.3. The van der Waals surface area contributed by atoms with E-state index in [1.807, 2.05) is 6.92 Å². The molecule has 0 bridgehead atoms. The van der Waals surface area contributed by atoms with Gasteiger partial charge in [-0.15, -0.1) is 0 Å². The van der Waals surface area contributed by atoms with E-state index in [1.54, 1.807) is 17.0 Å². The van der Waals surface area contributed by atoms with Crippen LogP contribution in [0, 0.1) is 11.8 Å². The lowest BCUT2D eigenvalue weighted by molar-refractivity contribution is -0.141. The number of likely N-dealkylation sites (tertiary alicyclic amines) is 1. The van der Waals surface area contributed by atoms with Gasteiger partial charge in [0.15, 0.2) is 0 Å². The Balaban J connectivity index is 1.43. The van der Waals surface area contributed by atoms with Crippen LogP contribution < -0.4 is 10.6 Å². The Bertz CT molecular complexity index is 1100. The third kappa shape index (κ3) is 5.40. The number of carbonyl (C=O) groups excluding carboxylic acids is 3. The Labute approximate surface area is 195 Å². The number of piperidine rings is 1. The molecule has 0 spiro atoms. The number of rotatable bonds is 5. The average molecular weight is 473 g/mol. The van der Waals surface area contributed by atoms with Crippen molar-refractivity contribution >= 4 is 29.1 Å². The molecule has 2 aromatic carbocycles. The Morgan fingerprint density at radius 2 is 1.65 bits per heavy atom. The molecule has 1 aliphatic carbocycles. The van der Waals surface area contributed by atoms with Crippen molar-refractivity contribution in [2.75, 3.05) is 17.2 Å². The van der Waals surface area contributed by atoms with Crippen molar-refractivity contribution in [1.82, 2.24) is 4.90 Å². The maximum Gasteiger partial charge on any atom is 0.416 e. The van der Waals surface area contributed by atoms with Crippen molar-refractivity contribution in [2.45, 2.75) is 44.8 Å². The van der Waals surface area contributed by atoms with Gasteiger partial charge in [-0.25, -0.2) is 0 Å². The van der Waals surface area contributed by atoms with E-state index in [2.05, 4.69) is 10.6 Å². The highest BCUT2D eigenvalue weighted by Crippen LogP contribution is 2.40. The highest BCUT2D eigenvalue weighted by Gasteiger charge is 2.44. The SMILES string of the molecule is CC1CC1C(=O)N1CCCCC1C(=O)Nc1cccc(C(=O)Nc2cccc(C(F)(F)F)c2)c1. The summed E-state index contributed by atoms with van der Waals surface area (Å²) in [6.07, 6.45) is -1.37. The van der Waals surface area contributed by atoms with E-state index in [9.17, 15) is 27.6 Å². The van der Waals surface area contributed by atoms with Gasteiger partial charge in [-0.3, -0.25) is 14.4 Å². The number of amides is 3. The van der Waals surface area contributed by atoms with Gasteiger partial charge in [0.25, 0.3) is 5.91 Å². The molecule has 1 aliphatic heterocycles. The van der Waals surface area contributed by atoms with Crippen LogP contribution in [0.1, 0.15) is 48.5 Å². The van der Waals surface area contributed by atoms with E-state index in [4.69, 9.17) is 0 Å². The minimum atomic E-state index is -4.52. The van der Waals surface area contributed by atoms with Gasteiger partial charge in [0, 0.05) is 29.4 Å². The number of benzene rings is 2. The highest BCUT2D eigenvalue weighted by molar-refractivity contribution is 6.05. The fraction of sp³-hybridized carbons (Fsp3) is 0.400. The highest BCUT2D eigenvalue weighted by atomic mass is 19.4. The number of halogens is 3. The Morgan fingerprint density at radius 3 is 2.32 bits per heavy atom. The molecule has 0 radical (unpaired) electrons. The Morgan fingerprint density at radius 1 is 0.971 bits per heavy atom. The van der Waals surface area contributed by atoms with Crippen LogP contribution in [0.4, 0.5) is 24.5 Å². The van der Waals surface area contributed by atoms with E-state index < -0.39 is 23.7 Å². The number of nitrogens with zero attached hydrogens (tertiary/aromatic N) is 1.